The van der Waals surface area contributed by atoms with E-state index < -0.39 is 10.0 Å². The number of nitrogens with zero attached hydrogens (tertiary/aromatic N) is 2. The first-order valence-electron chi connectivity index (χ1n) is 6.74. The van der Waals surface area contributed by atoms with Gasteiger partial charge in [-0.2, -0.15) is 0 Å². The summed E-state index contributed by atoms with van der Waals surface area (Å²) >= 11 is 1.25. The quantitative estimate of drug-likeness (QED) is 0.797. The number of benzene rings is 1. The van der Waals surface area contributed by atoms with Crippen molar-refractivity contribution in [2.45, 2.75) is 24.6 Å². The highest BCUT2D eigenvalue weighted by atomic mass is 32.2. The predicted molar refractivity (Wildman–Crippen MR) is 87.4 cm³/mol. The molecule has 5 nitrogen and oxygen atoms in total. The molecule has 114 valence electrons. The van der Waals surface area contributed by atoms with Crippen molar-refractivity contribution in [1.29, 1.82) is 0 Å². The molecular weight excluding hydrogens is 318 g/mol. The van der Waals surface area contributed by atoms with Gasteiger partial charge in [-0.15, -0.1) is 11.3 Å². The summed E-state index contributed by atoms with van der Waals surface area (Å²) in [5.41, 5.74) is 2.93. The number of fused-ring (bicyclic) bond motifs is 1. The molecule has 0 radical (unpaired) electrons. The zero-order valence-corrected chi connectivity index (χ0v) is 13.8. The van der Waals surface area contributed by atoms with Crippen LogP contribution in [0, 0.1) is 13.8 Å². The lowest BCUT2D eigenvalue weighted by Gasteiger charge is -2.08. The molecule has 2 heterocycles. The van der Waals surface area contributed by atoms with Gasteiger partial charge in [0.05, 0.1) is 29.0 Å². The molecule has 0 atom stereocenters. The van der Waals surface area contributed by atoms with Gasteiger partial charge in [0, 0.05) is 4.88 Å². The fourth-order valence-corrected chi connectivity index (χ4v) is 4.40. The number of hydrogen-bond donors (Lipinski definition) is 1. The normalized spacial score (nSPS) is 11.9. The number of sulfonamides is 1. The number of hydrogen-bond acceptors (Lipinski definition) is 5. The van der Waals surface area contributed by atoms with Crippen LogP contribution in [0.5, 0.6) is 0 Å². The van der Waals surface area contributed by atoms with E-state index in [0.29, 0.717) is 9.90 Å². The molecular formula is C15H15N3O2S2. The van der Waals surface area contributed by atoms with Gasteiger partial charge < -0.3 is 0 Å². The maximum absolute atomic E-state index is 12.2. The summed E-state index contributed by atoms with van der Waals surface area (Å²) in [6.45, 7) is 3.84. The number of aromatic nitrogens is 2. The van der Waals surface area contributed by atoms with Crippen molar-refractivity contribution in [3.8, 4) is 0 Å². The van der Waals surface area contributed by atoms with Crippen LogP contribution in [0.25, 0.3) is 11.0 Å². The fraction of sp³-hybridized carbons (Fsp3) is 0.200. The summed E-state index contributed by atoms with van der Waals surface area (Å²) in [7, 11) is -3.51. The first kappa shape index (κ1) is 15.1. The zero-order chi connectivity index (χ0) is 15.7. The van der Waals surface area contributed by atoms with Crippen molar-refractivity contribution < 1.29 is 8.42 Å². The SMILES string of the molecule is Cc1ccc(S(=O)(=O)NCc2nc3ccccc3nc2C)s1. The molecule has 0 aliphatic carbocycles. The predicted octanol–water partition coefficient (Wildman–Crippen LogP) is 2.79. The van der Waals surface area contributed by atoms with Gasteiger partial charge in [0.25, 0.3) is 0 Å². The molecule has 0 aliphatic heterocycles. The average molecular weight is 333 g/mol. The standard InChI is InChI=1S/C15H15N3O2S2/c1-10-7-8-15(21-10)22(19,20)16-9-14-11(2)17-12-5-3-4-6-13(12)18-14/h3-8,16H,9H2,1-2H3. The first-order valence-corrected chi connectivity index (χ1v) is 9.04. The minimum Gasteiger partial charge on any atom is -0.250 e. The molecule has 1 aromatic carbocycles. The Bertz CT molecular complexity index is 933. The summed E-state index contributed by atoms with van der Waals surface area (Å²) in [5, 5.41) is 0. The number of aryl methyl sites for hydroxylation is 2. The Labute approximate surface area is 133 Å². The number of para-hydroxylation sites is 2. The van der Waals surface area contributed by atoms with Crippen LogP contribution < -0.4 is 4.72 Å². The molecule has 0 aliphatic rings. The van der Waals surface area contributed by atoms with Crippen LogP contribution in [-0.4, -0.2) is 18.4 Å². The summed E-state index contributed by atoms with van der Waals surface area (Å²) in [6.07, 6.45) is 0. The van der Waals surface area contributed by atoms with Gasteiger partial charge in [0.2, 0.25) is 10.0 Å². The maximum Gasteiger partial charge on any atom is 0.250 e. The molecule has 1 N–H and O–H groups in total. The second-order valence-corrected chi connectivity index (χ2v) is 8.22. The van der Waals surface area contributed by atoms with Gasteiger partial charge in [-0.1, -0.05) is 12.1 Å². The van der Waals surface area contributed by atoms with Crippen molar-refractivity contribution in [1.82, 2.24) is 14.7 Å². The Hall–Kier alpha value is -1.83. The topological polar surface area (TPSA) is 72.0 Å². The van der Waals surface area contributed by atoms with Crippen molar-refractivity contribution in [2.24, 2.45) is 0 Å². The molecule has 2 aromatic heterocycles. The highest BCUT2D eigenvalue weighted by molar-refractivity contribution is 7.91. The van der Waals surface area contributed by atoms with Crippen molar-refractivity contribution in [2.75, 3.05) is 0 Å². The molecule has 3 aromatic rings. The van der Waals surface area contributed by atoms with E-state index >= 15 is 0 Å². The minimum atomic E-state index is -3.51. The molecule has 22 heavy (non-hydrogen) atoms. The van der Waals surface area contributed by atoms with Gasteiger partial charge in [0.1, 0.15) is 4.21 Å². The van der Waals surface area contributed by atoms with E-state index in [2.05, 4.69) is 14.7 Å². The molecule has 0 amide bonds. The Morgan fingerprint density at radius 1 is 1.05 bits per heavy atom. The Morgan fingerprint density at radius 3 is 2.36 bits per heavy atom. The molecule has 0 unspecified atom stereocenters. The number of rotatable bonds is 4. The summed E-state index contributed by atoms with van der Waals surface area (Å²) in [4.78, 5) is 9.91. The van der Waals surface area contributed by atoms with Gasteiger partial charge in [0.15, 0.2) is 0 Å². The highest BCUT2D eigenvalue weighted by Gasteiger charge is 2.17. The van der Waals surface area contributed by atoms with Gasteiger partial charge in [-0.05, 0) is 38.1 Å². The monoisotopic (exact) mass is 333 g/mol. The third-order valence-electron chi connectivity index (χ3n) is 3.25. The van der Waals surface area contributed by atoms with Gasteiger partial charge >= 0.3 is 0 Å². The minimum absolute atomic E-state index is 0.128. The molecule has 0 fully saturated rings. The Morgan fingerprint density at radius 2 is 1.73 bits per heavy atom. The van der Waals surface area contributed by atoms with E-state index in [-0.39, 0.29) is 6.54 Å². The van der Waals surface area contributed by atoms with Crippen LogP contribution in [0.3, 0.4) is 0 Å². The van der Waals surface area contributed by atoms with Crippen LogP contribution in [0.1, 0.15) is 16.3 Å². The zero-order valence-electron chi connectivity index (χ0n) is 12.2. The van der Waals surface area contributed by atoms with Crippen LogP contribution in [-0.2, 0) is 16.6 Å². The van der Waals surface area contributed by atoms with Crippen LogP contribution in [0.2, 0.25) is 0 Å². The summed E-state index contributed by atoms with van der Waals surface area (Å²) in [6, 6.07) is 10.9. The molecule has 0 bridgehead atoms. The molecule has 0 saturated carbocycles. The fourth-order valence-electron chi connectivity index (χ4n) is 2.08. The van der Waals surface area contributed by atoms with Crippen LogP contribution in [0.4, 0.5) is 0 Å². The van der Waals surface area contributed by atoms with Crippen molar-refractivity contribution in [3.05, 3.63) is 52.7 Å². The summed E-state index contributed by atoms with van der Waals surface area (Å²) < 4.78 is 27.4. The van der Waals surface area contributed by atoms with Gasteiger partial charge in [-0.3, -0.25) is 0 Å². The van der Waals surface area contributed by atoms with E-state index in [0.717, 1.165) is 21.6 Å². The lowest BCUT2D eigenvalue weighted by molar-refractivity contribution is 0.582. The summed E-state index contributed by atoms with van der Waals surface area (Å²) in [5.74, 6) is 0. The second kappa shape index (κ2) is 5.75. The number of thiophene rings is 1. The average Bonchev–Trinajstić information content (AvgIpc) is 2.92. The van der Waals surface area contributed by atoms with E-state index in [9.17, 15) is 8.42 Å². The Balaban J connectivity index is 1.86. The van der Waals surface area contributed by atoms with E-state index in [4.69, 9.17) is 0 Å². The lowest BCUT2D eigenvalue weighted by Crippen LogP contribution is -2.23. The highest BCUT2D eigenvalue weighted by Crippen LogP contribution is 2.21. The maximum atomic E-state index is 12.2. The molecule has 3 rings (SSSR count). The van der Waals surface area contributed by atoms with E-state index in [1.165, 1.54) is 11.3 Å². The van der Waals surface area contributed by atoms with Crippen molar-refractivity contribution in [3.63, 3.8) is 0 Å². The third-order valence-corrected chi connectivity index (χ3v) is 6.15. The second-order valence-electron chi connectivity index (χ2n) is 4.93. The van der Waals surface area contributed by atoms with E-state index in [1.807, 2.05) is 38.1 Å². The largest absolute Gasteiger partial charge is 0.250 e. The van der Waals surface area contributed by atoms with Crippen molar-refractivity contribution >= 4 is 32.4 Å². The smallest absolute Gasteiger partial charge is 0.250 e. The molecule has 0 spiro atoms. The third kappa shape index (κ3) is 3.01. The Kier molecular flexibility index (Phi) is 3.94. The van der Waals surface area contributed by atoms with Crippen LogP contribution >= 0.6 is 11.3 Å². The molecule has 7 heteroatoms. The lowest BCUT2D eigenvalue weighted by atomic mass is 10.2. The number of nitrogens with one attached hydrogen (secondary N) is 1. The van der Waals surface area contributed by atoms with Crippen LogP contribution in [0.15, 0.2) is 40.6 Å². The first-order chi connectivity index (χ1) is 10.5. The van der Waals surface area contributed by atoms with E-state index in [1.54, 1.807) is 12.1 Å². The van der Waals surface area contributed by atoms with Gasteiger partial charge in [-0.25, -0.2) is 23.1 Å². The molecule has 0 saturated heterocycles.